The van der Waals surface area contributed by atoms with E-state index in [0.29, 0.717) is 6.54 Å². The molecule has 0 saturated carbocycles. The van der Waals surface area contributed by atoms with E-state index in [1.807, 2.05) is 13.0 Å². The molecule has 9 heavy (non-hydrogen) atoms. The molecule has 52 valence electrons. The summed E-state index contributed by atoms with van der Waals surface area (Å²) in [6.07, 6.45) is 6.28. The van der Waals surface area contributed by atoms with Crippen molar-refractivity contribution in [2.45, 2.75) is 19.8 Å². The Morgan fingerprint density at radius 2 is 2.33 bits per heavy atom. The van der Waals surface area contributed by atoms with Gasteiger partial charge in [-0.25, -0.2) is 0 Å². The van der Waals surface area contributed by atoms with Crippen LogP contribution in [-0.4, -0.2) is 6.54 Å². The van der Waals surface area contributed by atoms with Crippen molar-refractivity contribution in [3.63, 3.8) is 0 Å². The molecular formula is C8H15N. The lowest BCUT2D eigenvalue weighted by molar-refractivity contribution is 0.935. The van der Waals surface area contributed by atoms with Crippen molar-refractivity contribution in [1.82, 2.24) is 0 Å². The summed E-state index contributed by atoms with van der Waals surface area (Å²) in [5, 5.41) is 0. The molecule has 0 amide bonds. The second-order valence-electron chi connectivity index (χ2n) is 2.06. The van der Waals surface area contributed by atoms with Crippen molar-refractivity contribution in [2.24, 2.45) is 5.73 Å². The van der Waals surface area contributed by atoms with E-state index < -0.39 is 0 Å². The summed E-state index contributed by atoms with van der Waals surface area (Å²) in [7, 11) is 0. The smallest absolute Gasteiger partial charge is 0.0134 e. The highest BCUT2D eigenvalue weighted by molar-refractivity contribution is 4.97. The van der Waals surface area contributed by atoms with Gasteiger partial charge in [0.2, 0.25) is 0 Å². The van der Waals surface area contributed by atoms with Crippen molar-refractivity contribution in [2.75, 3.05) is 6.54 Å². The van der Waals surface area contributed by atoms with Crippen LogP contribution in [0.5, 0.6) is 0 Å². The van der Waals surface area contributed by atoms with Crippen molar-refractivity contribution in [3.8, 4) is 0 Å². The van der Waals surface area contributed by atoms with Gasteiger partial charge in [-0.2, -0.15) is 0 Å². The minimum Gasteiger partial charge on any atom is -0.327 e. The molecule has 0 aliphatic rings. The fourth-order valence-electron chi connectivity index (χ4n) is 0.556. The molecule has 0 fully saturated rings. The summed E-state index contributed by atoms with van der Waals surface area (Å²) in [5.74, 6) is 0. The highest BCUT2D eigenvalue weighted by atomic mass is 14.5. The van der Waals surface area contributed by atoms with Crippen LogP contribution in [0.3, 0.4) is 0 Å². The van der Waals surface area contributed by atoms with Crippen LogP contribution in [0.1, 0.15) is 19.8 Å². The lowest BCUT2D eigenvalue weighted by atomic mass is 10.1. The van der Waals surface area contributed by atoms with Gasteiger partial charge in [-0.3, -0.25) is 0 Å². The van der Waals surface area contributed by atoms with Crippen LogP contribution < -0.4 is 5.73 Å². The summed E-state index contributed by atoms with van der Waals surface area (Å²) < 4.78 is 0. The Bertz CT molecular complexity index is 103. The Balaban J connectivity index is 3.17. The monoisotopic (exact) mass is 125 g/mol. The SMILES string of the molecule is C=C(CN)CC/C=C\C. The van der Waals surface area contributed by atoms with E-state index in [4.69, 9.17) is 5.73 Å². The first-order chi connectivity index (χ1) is 4.31. The van der Waals surface area contributed by atoms with Crippen molar-refractivity contribution < 1.29 is 0 Å². The quantitative estimate of drug-likeness (QED) is 0.570. The van der Waals surface area contributed by atoms with E-state index in [2.05, 4.69) is 12.7 Å². The van der Waals surface area contributed by atoms with Gasteiger partial charge >= 0.3 is 0 Å². The normalized spacial score (nSPS) is 10.4. The van der Waals surface area contributed by atoms with Crippen LogP contribution in [0.15, 0.2) is 24.3 Å². The molecule has 0 aromatic heterocycles. The van der Waals surface area contributed by atoms with E-state index in [1.165, 1.54) is 0 Å². The zero-order valence-corrected chi connectivity index (χ0v) is 6.06. The fraction of sp³-hybridized carbons (Fsp3) is 0.500. The number of hydrogen-bond donors (Lipinski definition) is 1. The van der Waals surface area contributed by atoms with E-state index in [0.717, 1.165) is 18.4 Å². The third-order valence-electron chi connectivity index (χ3n) is 1.19. The number of allylic oxidation sites excluding steroid dienone is 2. The fourth-order valence-corrected chi connectivity index (χ4v) is 0.556. The Hall–Kier alpha value is -0.560. The first kappa shape index (κ1) is 8.44. The highest BCUT2D eigenvalue weighted by Gasteiger charge is 1.85. The molecule has 0 aromatic carbocycles. The first-order valence-corrected chi connectivity index (χ1v) is 3.29. The minimum atomic E-state index is 0.623. The maximum atomic E-state index is 5.33. The average Bonchev–Trinajstić information content (AvgIpc) is 1.89. The summed E-state index contributed by atoms with van der Waals surface area (Å²) >= 11 is 0. The van der Waals surface area contributed by atoms with Gasteiger partial charge in [-0.05, 0) is 19.8 Å². The second-order valence-corrected chi connectivity index (χ2v) is 2.06. The summed E-state index contributed by atoms with van der Waals surface area (Å²) in [6, 6.07) is 0. The second kappa shape index (κ2) is 5.57. The van der Waals surface area contributed by atoms with E-state index >= 15 is 0 Å². The largest absolute Gasteiger partial charge is 0.327 e. The third-order valence-corrected chi connectivity index (χ3v) is 1.19. The molecule has 2 N–H and O–H groups in total. The maximum Gasteiger partial charge on any atom is 0.0134 e. The third kappa shape index (κ3) is 5.31. The van der Waals surface area contributed by atoms with Gasteiger partial charge in [0, 0.05) is 6.54 Å². The van der Waals surface area contributed by atoms with E-state index in [1.54, 1.807) is 0 Å². The van der Waals surface area contributed by atoms with Gasteiger partial charge < -0.3 is 5.73 Å². The highest BCUT2D eigenvalue weighted by Crippen LogP contribution is 1.99. The van der Waals surface area contributed by atoms with Gasteiger partial charge in [0.05, 0.1) is 0 Å². The van der Waals surface area contributed by atoms with Crippen LogP contribution >= 0.6 is 0 Å². The summed E-state index contributed by atoms with van der Waals surface area (Å²) in [5.41, 5.74) is 6.46. The van der Waals surface area contributed by atoms with Crippen molar-refractivity contribution in [3.05, 3.63) is 24.3 Å². The van der Waals surface area contributed by atoms with Gasteiger partial charge in [-0.15, -0.1) is 0 Å². The van der Waals surface area contributed by atoms with E-state index in [9.17, 15) is 0 Å². The van der Waals surface area contributed by atoms with Gasteiger partial charge in [-0.1, -0.05) is 24.3 Å². The molecular weight excluding hydrogens is 110 g/mol. The molecule has 0 aromatic rings. The van der Waals surface area contributed by atoms with Gasteiger partial charge in [0.25, 0.3) is 0 Å². The van der Waals surface area contributed by atoms with Crippen LogP contribution in [0.25, 0.3) is 0 Å². The average molecular weight is 125 g/mol. The van der Waals surface area contributed by atoms with Crippen LogP contribution in [0.4, 0.5) is 0 Å². The zero-order chi connectivity index (χ0) is 7.11. The predicted molar refractivity (Wildman–Crippen MR) is 42.2 cm³/mol. The maximum absolute atomic E-state index is 5.33. The summed E-state index contributed by atoms with van der Waals surface area (Å²) in [4.78, 5) is 0. The van der Waals surface area contributed by atoms with Gasteiger partial charge in [0.15, 0.2) is 0 Å². The number of rotatable bonds is 4. The van der Waals surface area contributed by atoms with Crippen LogP contribution in [0.2, 0.25) is 0 Å². The molecule has 0 spiro atoms. The lowest BCUT2D eigenvalue weighted by Gasteiger charge is -1.95. The zero-order valence-electron chi connectivity index (χ0n) is 6.06. The molecule has 0 unspecified atom stereocenters. The Morgan fingerprint density at radius 1 is 1.67 bits per heavy atom. The molecule has 0 saturated heterocycles. The van der Waals surface area contributed by atoms with Crippen molar-refractivity contribution in [1.29, 1.82) is 0 Å². The Kier molecular flexibility index (Phi) is 5.23. The molecule has 0 heterocycles. The summed E-state index contributed by atoms with van der Waals surface area (Å²) in [6.45, 7) is 6.43. The van der Waals surface area contributed by atoms with E-state index in [-0.39, 0.29) is 0 Å². The molecule has 0 bridgehead atoms. The molecule has 1 heteroatoms. The molecule has 0 radical (unpaired) electrons. The molecule has 0 aliphatic heterocycles. The molecule has 1 nitrogen and oxygen atoms in total. The standard InChI is InChI=1S/C8H15N/c1-3-4-5-6-8(2)7-9/h3-4H,2,5-7,9H2,1H3/b4-3-. The van der Waals surface area contributed by atoms with Crippen LogP contribution in [-0.2, 0) is 0 Å². The Morgan fingerprint density at radius 3 is 2.78 bits per heavy atom. The number of nitrogens with two attached hydrogens (primary N) is 1. The number of hydrogen-bond acceptors (Lipinski definition) is 1. The van der Waals surface area contributed by atoms with Gasteiger partial charge in [0.1, 0.15) is 0 Å². The Labute approximate surface area is 57.3 Å². The van der Waals surface area contributed by atoms with Crippen LogP contribution in [0, 0.1) is 0 Å². The minimum absolute atomic E-state index is 0.623. The topological polar surface area (TPSA) is 26.0 Å². The first-order valence-electron chi connectivity index (χ1n) is 3.29. The van der Waals surface area contributed by atoms with Crippen molar-refractivity contribution >= 4 is 0 Å². The molecule has 0 aliphatic carbocycles. The predicted octanol–water partition coefficient (Wildman–Crippen LogP) is 1.86. The lowest BCUT2D eigenvalue weighted by Crippen LogP contribution is -2.00. The molecule has 0 atom stereocenters. The molecule has 0 rings (SSSR count).